The highest BCUT2D eigenvalue weighted by Gasteiger charge is 2.29. The number of rotatable bonds is 2. The fourth-order valence-corrected chi connectivity index (χ4v) is 3.19. The van der Waals surface area contributed by atoms with Crippen LogP contribution in [0, 0.1) is 3.57 Å². The highest BCUT2D eigenvalue weighted by Crippen LogP contribution is 2.24. The Morgan fingerprint density at radius 3 is 2.59 bits per heavy atom. The molecule has 112 valence electrons. The predicted molar refractivity (Wildman–Crippen MR) is 94.3 cm³/mol. The summed E-state index contributed by atoms with van der Waals surface area (Å²) in [6.07, 6.45) is 0.676. The van der Waals surface area contributed by atoms with Crippen LogP contribution >= 0.6 is 34.2 Å². The average Bonchev–Trinajstić information content (AvgIpc) is 2.61. The number of benzene rings is 2. The van der Waals surface area contributed by atoms with Crippen LogP contribution in [-0.4, -0.2) is 17.7 Å². The molecule has 2 aromatic carbocycles. The lowest BCUT2D eigenvalue weighted by atomic mass is 9.98. The van der Waals surface area contributed by atoms with Crippen molar-refractivity contribution in [3.05, 3.63) is 67.7 Å². The molecule has 0 aliphatic carbocycles. The van der Waals surface area contributed by atoms with Crippen LogP contribution in [0.25, 0.3) is 0 Å². The fraction of sp³-hybridized carbons (Fsp3) is 0.176. The Morgan fingerprint density at radius 1 is 1.14 bits per heavy atom. The SMILES string of the molecule is O=C1N[C@H](Cc2ccc(I)cc2)C(=O)Cc2c(Cl)cccc21. The number of carbonyl (C=O) groups is 2. The first-order valence-electron chi connectivity index (χ1n) is 6.90. The molecule has 2 aromatic rings. The van der Waals surface area contributed by atoms with Gasteiger partial charge in [0.1, 0.15) is 0 Å². The first-order valence-corrected chi connectivity index (χ1v) is 8.35. The smallest absolute Gasteiger partial charge is 0.252 e. The van der Waals surface area contributed by atoms with Gasteiger partial charge >= 0.3 is 0 Å². The highest BCUT2D eigenvalue weighted by atomic mass is 127. The second-order valence-corrected chi connectivity index (χ2v) is 6.92. The van der Waals surface area contributed by atoms with Crippen LogP contribution in [0.1, 0.15) is 21.5 Å². The van der Waals surface area contributed by atoms with E-state index < -0.39 is 6.04 Å². The van der Waals surface area contributed by atoms with Crippen molar-refractivity contribution in [1.29, 1.82) is 0 Å². The van der Waals surface area contributed by atoms with Gasteiger partial charge in [0.15, 0.2) is 5.78 Å². The predicted octanol–water partition coefficient (Wildman–Crippen LogP) is 3.41. The molecule has 5 heteroatoms. The van der Waals surface area contributed by atoms with Crippen LogP contribution in [0.5, 0.6) is 0 Å². The molecule has 1 heterocycles. The van der Waals surface area contributed by atoms with E-state index >= 15 is 0 Å². The molecule has 1 N–H and O–H groups in total. The minimum atomic E-state index is -0.518. The van der Waals surface area contributed by atoms with Crippen molar-refractivity contribution in [3.8, 4) is 0 Å². The van der Waals surface area contributed by atoms with E-state index in [2.05, 4.69) is 27.9 Å². The number of amides is 1. The van der Waals surface area contributed by atoms with E-state index in [-0.39, 0.29) is 18.1 Å². The second-order valence-electron chi connectivity index (χ2n) is 5.27. The molecular formula is C17H13ClINO2. The van der Waals surface area contributed by atoms with Crippen molar-refractivity contribution in [1.82, 2.24) is 5.32 Å². The Bertz CT molecular complexity index is 743. The zero-order valence-electron chi connectivity index (χ0n) is 11.6. The summed E-state index contributed by atoms with van der Waals surface area (Å²) in [7, 11) is 0. The van der Waals surface area contributed by atoms with Crippen LogP contribution < -0.4 is 5.32 Å². The summed E-state index contributed by atoms with van der Waals surface area (Å²) in [6.45, 7) is 0. The largest absolute Gasteiger partial charge is 0.342 e. The third-order valence-electron chi connectivity index (χ3n) is 3.76. The van der Waals surface area contributed by atoms with E-state index in [9.17, 15) is 9.59 Å². The van der Waals surface area contributed by atoms with Gasteiger partial charge in [0, 0.05) is 20.6 Å². The lowest BCUT2D eigenvalue weighted by Gasteiger charge is -2.14. The molecule has 1 aliphatic heterocycles. The van der Waals surface area contributed by atoms with Gasteiger partial charge in [-0.15, -0.1) is 0 Å². The Kier molecular flexibility index (Phi) is 4.49. The standard InChI is InChI=1S/C17H13ClINO2/c18-14-3-1-2-12-13(14)9-16(21)15(20-17(12)22)8-10-4-6-11(19)7-5-10/h1-7,15H,8-9H2,(H,20,22)/t15-/m1/s1. The van der Waals surface area contributed by atoms with Crippen LogP contribution in [0.15, 0.2) is 42.5 Å². The van der Waals surface area contributed by atoms with Gasteiger partial charge in [0.25, 0.3) is 5.91 Å². The summed E-state index contributed by atoms with van der Waals surface area (Å²) in [6, 6.07) is 12.6. The molecule has 22 heavy (non-hydrogen) atoms. The summed E-state index contributed by atoms with van der Waals surface area (Å²) in [5.41, 5.74) is 2.14. The Labute approximate surface area is 147 Å². The van der Waals surface area contributed by atoms with Gasteiger partial charge in [-0.1, -0.05) is 29.8 Å². The Morgan fingerprint density at radius 2 is 1.86 bits per heavy atom. The summed E-state index contributed by atoms with van der Waals surface area (Å²) in [4.78, 5) is 24.8. The van der Waals surface area contributed by atoms with E-state index in [4.69, 9.17) is 11.6 Å². The molecule has 0 saturated carbocycles. The van der Waals surface area contributed by atoms with Gasteiger partial charge in [-0.05, 0) is 64.4 Å². The van der Waals surface area contributed by atoms with E-state index in [0.717, 1.165) is 9.13 Å². The van der Waals surface area contributed by atoms with E-state index in [0.29, 0.717) is 22.6 Å². The van der Waals surface area contributed by atoms with Crippen LogP contribution in [0.3, 0.4) is 0 Å². The third kappa shape index (κ3) is 3.17. The van der Waals surface area contributed by atoms with E-state index in [1.165, 1.54) is 0 Å². The summed E-state index contributed by atoms with van der Waals surface area (Å²) >= 11 is 8.37. The molecule has 0 fully saturated rings. The topological polar surface area (TPSA) is 46.2 Å². The molecule has 0 radical (unpaired) electrons. The van der Waals surface area contributed by atoms with Crippen molar-refractivity contribution < 1.29 is 9.59 Å². The van der Waals surface area contributed by atoms with Gasteiger partial charge in [0.2, 0.25) is 0 Å². The summed E-state index contributed by atoms with van der Waals surface area (Å²) in [5.74, 6) is -0.252. The van der Waals surface area contributed by atoms with Gasteiger partial charge in [-0.3, -0.25) is 9.59 Å². The molecular weight excluding hydrogens is 413 g/mol. The van der Waals surface area contributed by atoms with Gasteiger partial charge < -0.3 is 5.32 Å². The molecule has 3 nitrogen and oxygen atoms in total. The van der Waals surface area contributed by atoms with Crippen molar-refractivity contribution in [2.75, 3.05) is 0 Å². The quantitative estimate of drug-likeness (QED) is 0.750. The van der Waals surface area contributed by atoms with Crippen molar-refractivity contribution in [2.24, 2.45) is 0 Å². The van der Waals surface area contributed by atoms with Gasteiger partial charge in [-0.2, -0.15) is 0 Å². The number of nitrogens with one attached hydrogen (secondary N) is 1. The number of ketones is 1. The van der Waals surface area contributed by atoms with E-state index in [1.807, 2.05) is 24.3 Å². The molecule has 0 bridgehead atoms. The molecule has 1 aliphatic rings. The number of carbonyl (C=O) groups excluding carboxylic acids is 2. The molecule has 0 saturated heterocycles. The Balaban J connectivity index is 1.87. The zero-order chi connectivity index (χ0) is 15.7. The van der Waals surface area contributed by atoms with Gasteiger partial charge in [0.05, 0.1) is 6.04 Å². The molecule has 0 unspecified atom stereocenters. The number of Topliss-reactive ketones (excluding diaryl/α,β-unsaturated/α-hetero) is 1. The molecule has 0 aromatic heterocycles. The van der Waals surface area contributed by atoms with Gasteiger partial charge in [-0.25, -0.2) is 0 Å². The first kappa shape index (κ1) is 15.5. The second kappa shape index (κ2) is 6.38. The summed E-state index contributed by atoms with van der Waals surface area (Å²) < 4.78 is 1.14. The maximum Gasteiger partial charge on any atom is 0.252 e. The zero-order valence-corrected chi connectivity index (χ0v) is 14.5. The monoisotopic (exact) mass is 425 g/mol. The molecule has 1 amide bonds. The van der Waals surface area contributed by atoms with Crippen molar-refractivity contribution >= 4 is 45.9 Å². The minimum absolute atomic E-state index is 0.0150. The lowest BCUT2D eigenvalue weighted by molar-refractivity contribution is -0.120. The molecule has 0 spiro atoms. The number of fused-ring (bicyclic) bond motifs is 1. The summed E-state index contributed by atoms with van der Waals surface area (Å²) in [5, 5.41) is 3.29. The third-order valence-corrected chi connectivity index (χ3v) is 4.83. The number of hydrogen-bond acceptors (Lipinski definition) is 2. The minimum Gasteiger partial charge on any atom is -0.342 e. The molecule has 3 rings (SSSR count). The number of halogens is 2. The highest BCUT2D eigenvalue weighted by molar-refractivity contribution is 14.1. The van der Waals surface area contributed by atoms with Crippen LogP contribution in [0.4, 0.5) is 0 Å². The maximum atomic E-state index is 12.5. The Hall–Kier alpha value is -1.40. The maximum absolute atomic E-state index is 12.5. The van der Waals surface area contributed by atoms with Crippen molar-refractivity contribution in [2.45, 2.75) is 18.9 Å². The first-order chi connectivity index (χ1) is 10.5. The van der Waals surface area contributed by atoms with Crippen LogP contribution in [-0.2, 0) is 17.6 Å². The number of hydrogen-bond donors (Lipinski definition) is 1. The fourth-order valence-electron chi connectivity index (χ4n) is 2.59. The van der Waals surface area contributed by atoms with Crippen LogP contribution in [0.2, 0.25) is 5.02 Å². The normalized spacial score (nSPS) is 17.6. The average molecular weight is 426 g/mol. The molecule has 1 atom stereocenters. The lowest BCUT2D eigenvalue weighted by Crippen LogP contribution is -2.40. The van der Waals surface area contributed by atoms with Crippen molar-refractivity contribution in [3.63, 3.8) is 0 Å². The van der Waals surface area contributed by atoms with E-state index in [1.54, 1.807) is 18.2 Å².